The zero-order chi connectivity index (χ0) is 26.7. The topological polar surface area (TPSA) is 84.1 Å². The van der Waals surface area contributed by atoms with Gasteiger partial charge in [-0.3, -0.25) is 0 Å². The van der Waals surface area contributed by atoms with Crippen LogP contribution in [-0.2, 0) is 12.7 Å². The number of aryl methyl sites for hydroxylation is 1. The highest BCUT2D eigenvalue weighted by Crippen LogP contribution is 2.32. The third-order valence-corrected chi connectivity index (χ3v) is 6.13. The third kappa shape index (κ3) is 5.73. The average Bonchev–Trinajstić information content (AvgIpc) is 3.21. The van der Waals surface area contributed by atoms with Crippen molar-refractivity contribution in [2.45, 2.75) is 45.8 Å². The fourth-order valence-electron chi connectivity index (χ4n) is 4.22. The van der Waals surface area contributed by atoms with Gasteiger partial charge in [0.05, 0.1) is 5.56 Å². The first kappa shape index (κ1) is 26.1. The molecule has 4 aromatic rings. The number of fused-ring (bicyclic) bond motifs is 1. The number of halogens is 3. The van der Waals surface area contributed by atoms with Gasteiger partial charge in [-0.1, -0.05) is 55.7 Å². The highest BCUT2D eigenvalue weighted by atomic mass is 19.4. The van der Waals surface area contributed by atoms with E-state index in [9.17, 15) is 23.1 Å². The summed E-state index contributed by atoms with van der Waals surface area (Å²) in [7, 11) is 1.84. The Labute approximate surface area is 212 Å². The van der Waals surface area contributed by atoms with Crippen LogP contribution in [-0.4, -0.2) is 44.2 Å². The van der Waals surface area contributed by atoms with Crippen LogP contribution >= 0.6 is 0 Å². The molecule has 0 unspecified atom stereocenters. The Hall–Kier alpha value is -3.95. The van der Waals surface area contributed by atoms with Crippen molar-refractivity contribution in [2.24, 2.45) is 0 Å². The van der Waals surface area contributed by atoms with Crippen LogP contribution in [0.2, 0.25) is 0 Å². The second kappa shape index (κ2) is 10.6. The molecule has 2 aromatic heterocycles. The van der Waals surface area contributed by atoms with Gasteiger partial charge in [0.2, 0.25) is 5.82 Å². The van der Waals surface area contributed by atoms with Crippen molar-refractivity contribution in [2.75, 3.05) is 18.5 Å². The number of unbranched alkanes of at least 4 members (excludes halogenated alkanes) is 2. The van der Waals surface area contributed by atoms with Gasteiger partial charge in [0.25, 0.3) is 0 Å². The molecule has 10 heteroatoms. The Balaban J connectivity index is 1.92. The van der Waals surface area contributed by atoms with Gasteiger partial charge in [0, 0.05) is 25.7 Å². The summed E-state index contributed by atoms with van der Waals surface area (Å²) >= 11 is 0. The number of carboxylic acid groups (broad SMARTS) is 1. The molecule has 7 nitrogen and oxygen atoms in total. The molecule has 2 aromatic carbocycles. The van der Waals surface area contributed by atoms with Crippen LogP contribution < -0.4 is 4.90 Å². The molecule has 0 bridgehead atoms. The molecule has 0 saturated carbocycles. The number of nitrogens with zero attached hydrogens (tertiary/aromatic N) is 5. The molecule has 0 radical (unpaired) electrons. The van der Waals surface area contributed by atoms with E-state index >= 15 is 0 Å². The van der Waals surface area contributed by atoms with E-state index in [0.29, 0.717) is 29.3 Å². The van der Waals surface area contributed by atoms with Crippen molar-refractivity contribution in [1.82, 2.24) is 19.5 Å². The van der Waals surface area contributed by atoms with E-state index in [1.165, 1.54) is 12.1 Å². The number of hydrogen-bond donors (Lipinski definition) is 1. The molecule has 0 aliphatic carbocycles. The van der Waals surface area contributed by atoms with Crippen LogP contribution in [0.5, 0.6) is 0 Å². The number of benzene rings is 2. The number of rotatable bonds is 9. The van der Waals surface area contributed by atoms with Crippen molar-refractivity contribution in [3.05, 3.63) is 71.0 Å². The molecule has 0 aliphatic heterocycles. The number of hydrogen-bond acceptors (Lipinski definition) is 5. The highest BCUT2D eigenvalue weighted by molar-refractivity contribution is 5.92. The summed E-state index contributed by atoms with van der Waals surface area (Å²) in [5.41, 5.74) is 2.43. The van der Waals surface area contributed by atoms with Gasteiger partial charge in [-0.25, -0.2) is 19.7 Å². The first-order valence-corrected chi connectivity index (χ1v) is 12.0. The van der Waals surface area contributed by atoms with Crippen LogP contribution in [0.4, 0.5) is 19.0 Å². The Morgan fingerprint density at radius 1 is 1.05 bits per heavy atom. The lowest BCUT2D eigenvalue weighted by Crippen LogP contribution is -2.22. The van der Waals surface area contributed by atoms with Gasteiger partial charge in [0.15, 0.2) is 11.5 Å². The van der Waals surface area contributed by atoms with Crippen molar-refractivity contribution in [1.29, 1.82) is 0 Å². The van der Waals surface area contributed by atoms with Crippen LogP contribution in [0.3, 0.4) is 0 Å². The van der Waals surface area contributed by atoms with Crippen LogP contribution in [0.15, 0.2) is 48.5 Å². The summed E-state index contributed by atoms with van der Waals surface area (Å²) in [6.45, 7) is 4.88. The summed E-state index contributed by atoms with van der Waals surface area (Å²) in [6, 6.07) is 12.6. The lowest BCUT2D eigenvalue weighted by molar-refractivity contribution is -0.137. The molecule has 1 N–H and O–H groups in total. The number of anilines is 1. The predicted molar refractivity (Wildman–Crippen MR) is 136 cm³/mol. The minimum atomic E-state index is -4.43. The lowest BCUT2D eigenvalue weighted by Gasteiger charge is -2.20. The van der Waals surface area contributed by atoms with Crippen LogP contribution in [0.25, 0.3) is 22.6 Å². The molecule has 2 heterocycles. The quantitative estimate of drug-likeness (QED) is 0.270. The van der Waals surface area contributed by atoms with E-state index in [-0.39, 0.29) is 18.0 Å². The predicted octanol–water partition coefficient (Wildman–Crippen LogP) is 6.19. The number of imidazole rings is 1. The molecule has 0 spiro atoms. The van der Waals surface area contributed by atoms with Crippen molar-refractivity contribution in [3.63, 3.8) is 0 Å². The zero-order valence-electron chi connectivity index (χ0n) is 20.9. The molecule has 194 valence electrons. The van der Waals surface area contributed by atoms with E-state index in [1.807, 2.05) is 47.7 Å². The van der Waals surface area contributed by atoms with E-state index in [2.05, 4.69) is 16.9 Å². The van der Waals surface area contributed by atoms with Gasteiger partial charge in [-0.15, -0.1) is 0 Å². The second-order valence-corrected chi connectivity index (χ2v) is 9.06. The van der Waals surface area contributed by atoms with E-state index in [0.717, 1.165) is 42.5 Å². The summed E-state index contributed by atoms with van der Waals surface area (Å²) < 4.78 is 41.2. The molecular formula is C27H28F3N5O2. The molecule has 0 aliphatic rings. The van der Waals surface area contributed by atoms with Crippen LogP contribution in [0.1, 0.15) is 53.5 Å². The fourth-order valence-corrected chi connectivity index (χ4v) is 4.22. The zero-order valence-corrected chi connectivity index (χ0v) is 20.9. The van der Waals surface area contributed by atoms with Crippen molar-refractivity contribution >= 4 is 23.0 Å². The number of carbonyl (C=O) groups is 1. The molecule has 0 atom stereocenters. The summed E-state index contributed by atoms with van der Waals surface area (Å²) in [6.07, 6.45) is -1.51. The third-order valence-electron chi connectivity index (χ3n) is 6.13. The number of alkyl halides is 3. The highest BCUT2D eigenvalue weighted by Gasteiger charge is 2.30. The van der Waals surface area contributed by atoms with E-state index < -0.39 is 17.7 Å². The molecule has 0 fully saturated rings. The monoisotopic (exact) mass is 511 g/mol. The van der Waals surface area contributed by atoms with Gasteiger partial charge in [-0.05, 0) is 37.1 Å². The molecule has 0 saturated heterocycles. The molecular weight excluding hydrogens is 483 g/mol. The van der Waals surface area contributed by atoms with Crippen molar-refractivity contribution in [3.8, 4) is 11.4 Å². The van der Waals surface area contributed by atoms with Crippen LogP contribution in [0, 0.1) is 6.92 Å². The van der Waals surface area contributed by atoms with Crippen molar-refractivity contribution < 1.29 is 23.1 Å². The van der Waals surface area contributed by atoms with E-state index in [4.69, 9.17) is 4.98 Å². The number of aromatic carboxylic acids is 1. The Morgan fingerprint density at radius 3 is 2.41 bits per heavy atom. The first-order chi connectivity index (χ1) is 17.6. The maximum atomic E-state index is 13.1. The Morgan fingerprint density at radius 2 is 1.78 bits per heavy atom. The normalized spacial score (nSPS) is 11.7. The first-order valence-electron chi connectivity index (χ1n) is 12.0. The van der Waals surface area contributed by atoms with Gasteiger partial charge < -0.3 is 14.6 Å². The summed E-state index contributed by atoms with van der Waals surface area (Å²) in [5, 5.41) is 9.65. The van der Waals surface area contributed by atoms with Gasteiger partial charge >= 0.3 is 12.1 Å². The minimum absolute atomic E-state index is 0.198. The maximum Gasteiger partial charge on any atom is 0.416 e. The average molecular weight is 512 g/mol. The standard InChI is InChI=1S/C27H28F3N5O2/c1-4-5-6-14-34(3)25-21-22(31-23(33-25)26(36)37)32-24(19-9-7-8-17(2)15-19)35(21)16-18-10-12-20(13-11-18)27(28,29)30/h7-13,15H,4-6,14,16H2,1-3H3,(H,36,37). The van der Waals surface area contributed by atoms with E-state index in [1.54, 1.807) is 0 Å². The maximum absolute atomic E-state index is 13.1. The SMILES string of the molecule is CCCCCN(C)c1nc(C(=O)O)nc2nc(-c3cccc(C)c3)n(Cc3ccc(C(F)(F)F)cc3)c12. The van der Waals surface area contributed by atoms with Gasteiger partial charge in [-0.2, -0.15) is 13.2 Å². The molecule has 37 heavy (non-hydrogen) atoms. The second-order valence-electron chi connectivity index (χ2n) is 9.06. The summed E-state index contributed by atoms with van der Waals surface area (Å²) in [4.78, 5) is 27.0. The lowest BCUT2D eigenvalue weighted by atomic mass is 10.1. The minimum Gasteiger partial charge on any atom is -0.475 e. The number of carboxylic acids is 1. The molecule has 0 amide bonds. The summed E-state index contributed by atoms with van der Waals surface area (Å²) in [5.74, 6) is -0.685. The Kier molecular flexibility index (Phi) is 7.47. The Bertz CT molecular complexity index is 1410. The smallest absolute Gasteiger partial charge is 0.416 e. The number of aromatic nitrogens is 4. The largest absolute Gasteiger partial charge is 0.475 e. The van der Waals surface area contributed by atoms with Gasteiger partial charge in [0.1, 0.15) is 11.3 Å². The fraction of sp³-hybridized carbons (Fsp3) is 0.333. The molecule has 4 rings (SSSR count).